The Bertz CT molecular complexity index is 1260. The van der Waals surface area contributed by atoms with Crippen molar-refractivity contribution >= 4 is 35.3 Å². The standard InChI is InChI=1S/C26H26N4O6/c1-16(31)28-19-11-9-17(10-12-19)15-27-30-26(33)20-7-5-6-8-21(20)29-25(32)18-13-22(34-2)24(36-4)23(14-18)35-3/h5-15H,1-4H3,(H,28,31)(H,29,32)(H,30,33)/b27-15-. The van der Waals surface area contributed by atoms with E-state index in [0.717, 1.165) is 0 Å². The van der Waals surface area contributed by atoms with E-state index in [0.29, 0.717) is 34.2 Å². The Labute approximate surface area is 208 Å². The van der Waals surface area contributed by atoms with Gasteiger partial charge in [-0.3, -0.25) is 14.4 Å². The number of ether oxygens (including phenoxy) is 3. The molecule has 10 heteroatoms. The van der Waals surface area contributed by atoms with Crippen LogP contribution in [0, 0.1) is 0 Å². The summed E-state index contributed by atoms with van der Waals surface area (Å²) < 4.78 is 15.9. The molecular weight excluding hydrogens is 464 g/mol. The van der Waals surface area contributed by atoms with Crippen molar-refractivity contribution in [2.45, 2.75) is 6.92 Å². The number of rotatable bonds is 9. The molecule has 3 rings (SSSR count). The van der Waals surface area contributed by atoms with Crippen LogP contribution in [0.3, 0.4) is 0 Å². The molecule has 0 radical (unpaired) electrons. The van der Waals surface area contributed by atoms with E-state index in [4.69, 9.17) is 14.2 Å². The highest BCUT2D eigenvalue weighted by Crippen LogP contribution is 2.38. The average Bonchev–Trinajstić information content (AvgIpc) is 2.88. The fourth-order valence-corrected chi connectivity index (χ4v) is 3.28. The van der Waals surface area contributed by atoms with E-state index in [1.165, 1.54) is 46.6 Å². The molecule has 3 aromatic carbocycles. The Balaban J connectivity index is 1.73. The summed E-state index contributed by atoms with van der Waals surface area (Å²) in [7, 11) is 4.38. The van der Waals surface area contributed by atoms with Crippen LogP contribution in [0.25, 0.3) is 0 Å². The fraction of sp³-hybridized carbons (Fsp3) is 0.154. The van der Waals surface area contributed by atoms with E-state index < -0.39 is 11.8 Å². The van der Waals surface area contributed by atoms with E-state index in [-0.39, 0.29) is 17.0 Å². The predicted octanol–water partition coefficient (Wildman–Crippen LogP) is 3.69. The lowest BCUT2D eigenvalue weighted by Crippen LogP contribution is -2.21. The number of hydrogen-bond acceptors (Lipinski definition) is 7. The summed E-state index contributed by atoms with van der Waals surface area (Å²) in [5.74, 6) is -0.141. The molecule has 0 aromatic heterocycles. The van der Waals surface area contributed by atoms with Crippen LogP contribution < -0.4 is 30.3 Å². The van der Waals surface area contributed by atoms with Gasteiger partial charge >= 0.3 is 0 Å². The maximum atomic E-state index is 13.0. The normalized spacial score (nSPS) is 10.4. The van der Waals surface area contributed by atoms with E-state index in [2.05, 4.69) is 21.2 Å². The van der Waals surface area contributed by atoms with Crippen molar-refractivity contribution in [2.75, 3.05) is 32.0 Å². The number of nitrogens with one attached hydrogen (secondary N) is 3. The lowest BCUT2D eigenvalue weighted by atomic mass is 10.1. The van der Waals surface area contributed by atoms with Gasteiger partial charge in [-0.25, -0.2) is 5.43 Å². The van der Waals surface area contributed by atoms with Crippen LogP contribution in [0.15, 0.2) is 65.8 Å². The largest absolute Gasteiger partial charge is 0.493 e. The van der Waals surface area contributed by atoms with Crippen LogP contribution in [0.5, 0.6) is 17.2 Å². The summed E-state index contributed by atoms with van der Waals surface area (Å²) in [5.41, 5.74) is 4.59. The molecule has 0 bridgehead atoms. The number of para-hydroxylation sites is 1. The molecule has 0 aliphatic heterocycles. The third-order valence-corrected chi connectivity index (χ3v) is 4.96. The predicted molar refractivity (Wildman–Crippen MR) is 136 cm³/mol. The number of anilines is 2. The second-order valence-corrected chi connectivity index (χ2v) is 7.42. The van der Waals surface area contributed by atoms with Crippen LogP contribution in [0.2, 0.25) is 0 Å². The molecule has 0 heterocycles. The SMILES string of the molecule is COc1cc(C(=O)Nc2ccccc2C(=O)N/N=C\c2ccc(NC(C)=O)cc2)cc(OC)c1OC. The quantitative estimate of drug-likeness (QED) is 0.310. The topological polar surface area (TPSA) is 127 Å². The van der Waals surface area contributed by atoms with Crippen molar-refractivity contribution < 1.29 is 28.6 Å². The number of carbonyl (C=O) groups excluding carboxylic acids is 3. The highest BCUT2D eigenvalue weighted by Gasteiger charge is 2.19. The summed E-state index contributed by atoms with van der Waals surface area (Å²) in [4.78, 5) is 36.8. The van der Waals surface area contributed by atoms with Gasteiger partial charge in [0, 0.05) is 18.2 Å². The van der Waals surface area contributed by atoms with Gasteiger partial charge in [0.15, 0.2) is 11.5 Å². The number of benzene rings is 3. The van der Waals surface area contributed by atoms with Gasteiger partial charge in [0.1, 0.15) is 0 Å². The molecule has 10 nitrogen and oxygen atoms in total. The monoisotopic (exact) mass is 490 g/mol. The van der Waals surface area contributed by atoms with Crippen LogP contribution in [-0.2, 0) is 4.79 Å². The highest BCUT2D eigenvalue weighted by atomic mass is 16.5. The van der Waals surface area contributed by atoms with Crippen molar-refractivity contribution in [3.05, 3.63) is 77.4 Å². The molecular formula is C26H26N4O6. The van der Waals surface area contributed by atoms with Crippen LogP contribution >= 0.6 is 0 Å². The Morgan fingerprint density at radius 2 is 1.44 bits per heavy atom. The minimum atomic E-state index is -0.512. The van der Waals surface area contributed by atoms with E-state index >= 15 is 0 Å². The molecule has 3 aromatic rings. The molecule has 0 fully saturated rings. The summed E-state index contributed by atoms with van der Waals surface area (Å²) in [5, 5.41) is 9.39. The van der Waals surface area contributed by atoms with Gasteiger partial charge in [-0.05, 0) is 42.0 Å². The molecule has 0 atom stereocenters. The third-order valence-electron chi connectivity index (χ3n) is 4.96. The minimum Gasteiger partial charge on any atom is -0.493 e. The van der Waals surface area contributed by atoms with Crippen molar-refractivity contribution in [3.63, 3.8) is 0 Å². The maximum absolute atomic E-state index is 13.0. The average molecular weight is 491 g/mol. The Kier molecular flexibility index (Phi) is 8.60. The number of hydrazone groups is 1. The van der Waals surface area contributed by atoms with Crippen molar-refractivity contribution in [2.24, 2.45) is 5.10 Å². The highest BCUT2D eigenvalue weighted by molar-refractivity contribution is 6.09. The van der Waals surface area contributed by atoms with Crippen molar-refractivity contribution in [3.8, 4) is 17.2 Å². The minimum absolute atomic E-state index is 0.167. The Hall–Kier alpha value is -4.86. The number of nitrogens with zero attached hydrogens (tertiary/aromatic N) is 1. The zero-order valence-corrected chi connectivity index (χ0v) is 20.2. The number of amides is 3. The lowest BCUT2D eigenvalue weighted by Gasteiger charge is -2.15. The Morgan fingerprint density at radius 3 is 2.03 bits per heavy atom. The molecule has 3 N–H and O–H groups in total. The molecule has 0 aliphatic carbocycles. The summed E-state index contributed by atoms with van der Waals surface area (Å²) in [6.45, 7) is 1.43. The first-order valence-electron chi connectivity index (χ1n) is 10.8. The van der Waals surface area contributed by atoms with Crippen molar-refractivity contribution in [1.82, 2.24) is 5.43 Å². The second kappa shape index (κ2) is 12.0. The number of carbonyl (C=O) groups is 3. The molecule has 0 spiro atoms. The molecule has 0 unspecified atom stereocenters. The first-order valence-corrected chi connectivity index (χ1v) is 10.8. The number of hydrogen-bond donors (Lipinski definition) is 3. The molecule has 0 saturated heterocycles. The zero-order valence-electron chi connectivity index (χ0n) is 20.2. The van der Waals surface area contributed by atoms with E-state index in [9.17, 15) is 14.4 Å². The first kappa shape index (κ1) is 25.8. The van der Waals surface area contributed by atoms with Crippen LogP contribution in [0.4, 0.5) is 11.4 Å². The van der Waals surface area contributed by atoms with Gasteiger partial charge in [0.05, 0.1) is 38.8 Å². The molecule has 3 amide bonds. The molecule has 0 saturated carbocycles. The van der Waals surface area contributed by atoms with Gasteiger partial charge in [-0.2, -0.15) is 5.10 Å². The van der Waals surface area contributed by atoms with Gasteiger partial charge in [-0.15, -0.1) is 0 Å². The second-order valence-electron chi connectivity index (χ2n) is 7.42. The summed E-state index contributed by atoms with van der Waals surface area (Å²) in [6, 6.07) is 16.5. The number of methoxy groups -OCH3 is 3. The third kappa shape index (κ3) is 6.38. The van der Waals surface area contributed by atoms with E-state index in [1.54, 1.807) is 48.5 Å². The van der Waals surface area contributed by atoms with Gasteiger partial charge in [0.2, 0.25) is 11.7 Å². The van der Waals surface area contributed by atoms with Crippen molar-refractivity contribution in [1.29, 1.82) is 0 Å². The van der Waals surface area contributed by atoms with E-state index in [1.807, 2.05) is 0 Å². The summed E-state index contributed by atoms with van der Waals surface area (Å²) in [6.07, 6.45) is 1.46. The molecule has 186 valence electrons. The van der Waals surface area contributed by atoms with Gasteiger partial charge in [-0.1, -0.05) is 24.3 Å². The first-order chi connectivity index (χ1) is 17.4. The Morgan fingerprint density at radius 1 is 0.806 bits per heavy atom. The summed E-state index contributed by atoms with van der Waals surface area (Å²) >= 11 is 0. The fourth-order valence-electron chi connectivity index (χ4n) is 3.28. The molecule has 36 heavy (non-hydrogen) atoms. The zero-order chi connectivity index (χ0) is 26.1. The molecule has 0 aliphatic rings. The van der Waals surface area contributed by atoms with Crippen LogP contribution in [-0.4, -0.2) is 45.3 Å². The van der Waals surface area contributed by atoms with Crippen LogP contribution in [0.1, 0.15) is 33.2 Å². The van der Waals surface area contributed by atoms with Gasteiger partial charge in [0.25, 0.3) is 11.8 Å². The smallest absolute Gasteiger partial charge is 0.273 e. The lowest BCUT2D eigenvalue weighted by molar-refractivity contribution is -0.114. The van der Waals surface area contributed by atoms with Gasteiger partial charge < -0.3 is 24.8 Å². The maximum Gasteiger partial charge on any atom is 0.273 e.